The molecular formula is C27H33N5O7S2. The first-order valence-corrected chi connectivity index (χ1v) is 14.9. The van der Waals surface area contributed by atoms with Crippen molar-refractivity contribution in [2.24, 2.45) is 0 Å². The molecule has 2 aromatic heterocycles. The van der Waals surface area contributed by atoms with E-state index in [4.69, 9.17) is 9.84 Å². The first-order chi connectivity index (χ1) is 19.2. The molecule has 41 heavy (non-hydrogen) atoms. The van der Waals surface area contributed by atoms with E-state index >= 15 is 0 Å². The lowest BCUT2D eigenvalue weighted by Gasteiger charge is -2.22. The van der Waals surface area contributed by atoms with Crippen molar-refractivity contribution in [2.45, 2.75) is 83.5 Å². The number of ether oxygens (including phenoxy) is 1. The van der Waals surface area contributed by atoms with E-state index in [1.54, 1.807) is 40.1 Å². The third-order valence-corrected chi connectivity index (χ3v) is 8.37. The van der Waals surface area contributed by atoms with Crippen molar-refractivity contribution in [3.8, 4) is 10.7 Å². The lowest BCUT2D eigenvalue weighted by atomic mass is 9.94. The van der Waals surface area contributed by atoms with Gasteiger partial charge in [-0.2, -0.15) is 0 Å². The molecule has 1 aliphatic heterocycles. The number of nitrogens with one attached hydrogen (secondary N) is 2. The van der Waals surface area contributed by atoms with E-state index < -0.39 is 29.1 Å². The van der Waals surface area contributed by atoms with Crippen molar-refractivity contribution in [3.05, 3.63) is 32.6 Å². The van der Waals surface area contributed by atoms with Crippen molar-refractivity contribution in [1.82, 2.24) is 25.5 Å². The monoisotopic (exact) mass is 603 g/mol. The first kappa shape index (κ1) is 30.3. The third kappa shape index (κ3) is 7.36. The average Bonchev–Trinajstić information content (AvgIpc) is 3.19. The molecule has 0 radical (unpaired) electrons. The van der Waals surface area contributed by atoms with Crippen LogP contribution in [-0.2, 0) is 25.7 Å². The van der Waals surface area contributed by atoms with Gasteiger partial charge in [-0.25, -0.2) is 19.6 Å². The molecule has 3 heterocycles. The van der Waals surface area contributed by atoms with Gasteiger partial charge in [0, 0.05) is 30.3 Å². The summed E-state index contributed by atoms with van der Waals surface area (Å²) in [5.41, 5.74) is -0.219. The van der Waals surface area contributed by atoms with Crippen LogP contribution in [-0.4, -0.2) is 73.9 Å². The second-order valence-electron chi connectivity index (χ2n) is 11.3. The van der Waals surface area contributed by atoms with Gasteiger partial charge in [0.2, 0.25) is 5.91 Å². The van der Waals surface area contributed by atoms with E-state index in [0.717, 1.165) is 0 Å². The van der Waals surface area contributed by atoms with Crippen LogP contribution in [0.5, 0.6) is 0 Å². The van der Waals surface area contributed by atoms with Gasteiger partial charge in [0.05, 0.1) is 24.1 Å². The molecule has 1 spiro atoms. The van der Waals surface area contributed by atoms with E-state index in [0.29, 0.717) is 40.5 Å². The summed E-state index contributed by atoms with van der Waals surface area (Å²) in [6.07, 6.45) is 1.02. The third-order valence-electron chi connectivity index (χ3n) is 6.68. The van der Waals surface area contributed by atoms with E-state index in [-0.39, 0.29) is 48.4 Å². The minimum atomic E-state index is -1.11. The summed E-state index contributed by atoms with van der Waals surface area (Å²) in [5, 5.41) is 19.0. The fourth-order valence-corrected chi connectivity index (χ4v) is 6.10. The van der Waals surface area contributed by atoms with Crippen LogP contribution in [0.3, 0.4) is 0 Å². The van der Waals surface area contributed by atoms with Crippen LogP contribution in [0.25, 0.3) is 10.7 Å². The predicted octanol–water partition coefficient (Wildman–Crippen LogP) is 3.53. The van der Waals surface area contributed by atoms with Crippen LogP contribution < -0.4 is 10.6 Å². The Kier molecular flexibility index (Phi) is 8.64. The highest BCUT2D eigenvalue weighted by molar-refractivity contribution is 7.14. The maximum atomic E-state index is 13.2. The van der Waals surface area contributed by atoms with Gasteiger partial charge in [-0.1, -0.05) is 0 Å². The largest absolute Gasteiger partial charge is 0.476 e. The number of carboxylic acids is 1. The molecular weight excluding hydrogens is 570 g/mol. The van der Waals surface area contributed by atoms with Crippen molar-refractivity contribution >= 4 is 52.3 Å². The van der Waals surface area contributed by atoms with E-state index in [1.807, 2.05) is 0 Å². The van der Waals surface area contributed by atoms with Gasteiger partial charge in [-0.3, -0.25) is 14.4 Å². The van der Waals surface area contributed by atoms with Gasteiger partial charge in [0.25, 0.3) is 5.91 Å². The number of amides is 3. The predicted molar refractivity (Wildman–Crippen MR) is 151 cm³/mol. The molecule has 0 aromatic carbocycles. The number of aromatic carboxylic acids is 1. The van der Waals surface area contributed by atoms with Crippen LogP contribution in [0.1, 0.15) is 75.3 Å². The first-order valence-electron chi connectivity index (χ1n) is 13.1. The molecule has 14 heteroatoms. The van der Waals surface area contributed by atoms with Crippen LogP contribution in [0.15, 0.2) is 21.9 Å². The van der Waals surface area contributed by atoms with Gasteiger partial charge in [0.1, 0.15) is 21.3 Å². The maximum Gasteiger partial charge on any atom is 0.407 e. The topological polar surface area (TPSA) is 168 Å². The van der Waals surface area contributed by atoms with Crippen molar-refractivity contribution in [2.75, 3.05) is 7.05 Å². The molecule has 4 rings (SSSR count). The molecule has 1 saturated carbocycles. The smallest absolute Gasteiger partial charge is 0.407 e. The number of carbonyl (C=O) groups is 5. The molecule has 12 nitrogen and oxygen atoms in total. The van der Waals surface area contributed by atoms with Crippen LogP contribution in [0.4, 0.5) is 4.79 Å². The Labute approximate surface area is 245 Å². The number of thiazole rings is 2. The summed E-state index contributed by atoms with van der Waals surface area (Å²) in [4.78, 5) is 72.4. The zero-order valence-electron chi connectivity index (χ0n) is 23.5. The van der Waals surface area contributed by atoms with Crippen LogP contribution in [0.2, 0.25) is 0 Å². The molecule has 0 unspecified atom stereocenters. The minimum absolute atomic E-state index is 0.0333. The molecule has 0 saturated heterocycles. The van der Waals surface area contributed by atoms with Crippen LogP contribution in [0, 0.1) is 0 Å². The number of carbonyl (C=O) groups excluding carboxylic acids is 4. The Balaban J connectivity index is 1.39. The number of hydrogen-bond acceptors (Lipinski definition) is 10. The van der Waals surface area contributed by atoms with Gasteiger partial charge in [-0.05, 0) is 52.5 Å². The summed E-state index contributed by atoms with van der Waals surface area (Å²) in [6.45, 7) is 7.24. The number of hydrogen-bond donors (Lipinski definition) is 3. The molecule has 3 N–H and O–H groups in total. The number of carboxylic acid groups (broad SMARTS) is 1. The zero-order chi connectivity index (χ0) is 30.1. The zero-order valence-corrected chi connectivity index (χ0v) is 25.2. The minimum Gasteiger partial charge on any atom is -0.476 e. The highest BCUT2D eigenvalue weighted by Crippen LogP contribution is 2.49. The van der Waals surface area contributed by atoms with Crippen molar-refractivity contribution in [3.63, 3.8) is 0 Å². The number of nitrogens with zero attached hydrogens (tertiary/aromatic N) is 3. The Morgan fingerprint density at radius 1 is 1.20 bits per heavy atom. The normalized spacial score (nSPS) is 16.4. The summed E-state index contributed by atoms with van der Waals surface area (Å²) >= 11 is 2.51. The fraction of sp³-hybridized carbons (Fsp3) is 0.519. The van der Waals surface area contributed by atoms with Crippen LogP contribution >= 0.6 is 22.7 Å². The molecule has 3 amide bonds. The highest BCUT2D eigenvalue weighted by Gasteiger charge is 2.55. The summed E-state index contributed by atoms with van der Waals surface area (Å²) in [6, 6.07) is -0.353. The van der Waals surface area contributed by atoms with Gasteiger partial charge >= 0.3 is 12.1 Å². The Morgan fingerprint density at radius 3 is 2.51 bits per heavy atom. The molecule has 2 aliphatic rings. The second kappa shape index (κ2) is 11.7. The molecule has 2 aromatic rings. The molecule has 1 aliphatic carbocycles. The summed E-state index contributed by atoms with van der Waals surface area (Å²) in [5.74, 6) is -2.18. The highest BCUT2D eigenvalue weighted by atomic mass is 32.1. The summed E-state index contributed by atoms with van der Waals surface area (Å²) < 4.78 is 5.25. The Bertz CT molecular complexity index is 1420. The molecule has 1 atom stereocenters. The molecule has 1 fully saturated rings. The number of ketones is 1. The van der Waals surface area contributed by atoms with Gasteiger partial charge in [-0.15, -0.1) is 22.7 Å². The second-order valence-corrected chi connectivity index (χ2v) is 13.1. The van der Waals surface area contributed by atoms with E-state index in [9.17, 15) is 24.0 Å². The van der Waals surface area contributed by atoms with Crippen molar-refractivity contribution in [1.29, 1.82) is 0 Å². The SMILES string of the molecule is C[C@@H](CCC(=O)C1=C(CC(=O)N(C)Cc2nc(-c3nc(C(=O)O)cs3)cs2)C2(CC2)NC1=O)NC(=O)OC(C)(C)C. The van der Waals surface area contributed by atoms with E-state index in [2.05, 4.69) is 20.6 Å². The number of alkyl carbamates (subject to hydrolysis) is 1. The van der Waals surface area contributed by atoms with E-state index in [1.165, 1.54) is 33.0 Å². The quantitative estimate of drug-likeness (QED) is 0.325. The van der Waals surface area contributed by atoms with Gasteiger partial charge < -0.3 is 25.4 Å². The maximum absolute atomic E-state index is 13.2. The molecule has 220 valence electrons. The molecule has 0 bridgehead atoms. The fourth-order valence-electron chi connectivity index (χ4n) is 4.44. The Hall–Kier alpha value is -3.65. The summed E-state index contributed by atoms with van der Waals surface area (Å²) in [7, 11) is 1.63. The standard InChI is InChI=1S/C27H33N5O7S2/c1-14(28-25(38)39-26(2,3)4)6-7-18(33)21-15(27(8-9-27)31-22(21)35)10-20(34)32(5)11-19-29-16(12-40-19)23-30-17(13-41-23)24(36)37/h12-14H,6-11H2,1-5H3,(H,28,38)(H,31,35)(H,36,37)/t14-/m0/s1. The lowest BCUT2D eigenvalue weighted by Crippen LogP contribution is -2.38. The average molecular weight is 604 g/mol. The number of rotatable bonds is 11. The lowest BCUT2D eigenvalue weighted by molar-refractivity contribution is -0.129. The number of aromatic nitrogens is 2. The Morgan fingerprint density at radius 2 is 1.90 bits per heavy atom. The van der Waals surface area contributed by atoms with Gasteiger partial charge in [0.15, 0.2) is 11.5 Å². The van der Waals surface area contributed by atoms with Crippen molar-refractivity contribution < 1.29 is 33.8 Å². The number of Topliss-reactive ketones (excluding diaryl/α,β-unsaturated/α-hetero) is 1.